The molecule has 0 amide bonds. The molecule has 14 aromatic rings. The van der Waals surface area contributed by atoms with Crippen LogP contribution in [-0.4, -0.2) is 8.80 Å². The van der Waals surface area contributed by atoms with Gasteiger partial charge in [-0.25, -0.2) is 0 Å². The van der Waals surface area contributed by atoms with Gasteiger partial charge < -0.3 is 18.6 Å². The summed E-state index contributed by atoms with van der Waals surface area (Å²) in [7, 11) is 0. The maximum absolute atomic E-state index is 2.65. The van der Waals surface area contributed by atoms with Crippen LogP contribution in [0.5, 0.6) is 0 Å². The van der Waals surface area contributed by atoms with E-state index in [1.165, 1.54) is 115 Å². The van der Waals surface area contributed by atoms with Gasteiger partial charge in [0.25, 0.3) is 0 Å². The van der Waals surface area contributed by atoms with Crippen molar-refractivity contribution in [1.29, 1.82) is 0 Å². The van der Waals surface area contributed by atoms with Crippen LogP contribution in [0.3, 0.4) is 0 Å². The molecule has 0 saturated heterocycles. The molecule has 4 aromatic heterocycles. The highest BCUT2D eigenvalue weighted by atomic mass is 15.2. The second kappa shape index (κ2) is 15.6. The Morgan fingerprint density at radius 2 is 0.622 bits per heavy atom. The van der Waals surface area contributed by atoms with Crippen LogP contribution in [0.4, 0.5) is 34.1 Å². The molecule has 0 aliphatic heterocycles. The maximum atomic E-state index is 2.65. The molecular weight excluding hydrogens is 897 g/mol. The van der Waals surface area contributed by atoms with Crippen molar-refractivity contribution in [3.05, 3.63) is 217 Å². The number of benzene rings is 10. The zero-order valence-corrected chi connectivity index (χ0v) is 43.8. The fourth-order valence-corrected chi connectivity index (χ4v) is 12.3. The summed E-state index contributed by atoms with van der Waals surface area (Å²) < 4.78 is 5.28. The van der Waals surface area contributed by atoms with E-state index in [1.807, 2.05) is 0 Å². The van der Waals surface area contributed by atoms with Gasteiger partial charge in [-0.3, -0.25) is 0 Å². The van der Waals surface area contributed by atoms with Crippen molar-refractivity contribution in [3.8, 4) is 0 Å². The van der Waals surface area contributed by atoms with E-state index in [2.05, 4.69) is 281 Å². The van der Waals surface area contributed by atoms with E-state index in [0.29, 0.717) is 0 Å². The molecule has 4 nitrogen and oxygen atoms in total. The number of para-hydroxylation sites is 4. The number of fused-ring (bicyclic) bond motifs is 14. The van der Waals surface area contributed by atoms with E-state index in [-0.39, 0.29) is 16.2 Å². The smallest absolute Gasteiger partial charge is 0.0783 e. The first-order valence-electron chi connectivity index (χ1n) is 26.3. The summed E-state index contributed by atoms with van der Waals surface area (Å²) in [6.07, 6.45) is 0. The molecule has 14 rings (SSSR count). The highest BCUT2D eigenvalue weighted by molar-refractivity contribution is 6.35. The first-order valence-corrected chi connectivity index (χ1v) is 26.3. The number of aromatic nitrogens is 2. The minimum atomic E-state index is -0.116. The van der Waals surface area contributed by atoms with Crippen molar-refractivity contribution < 1.29 is 0 Å². The predicted octanol–water partition coefficient (Wildman–Crippen LogP) is 20.0. The molecule has 4 heterocycles. The molecule has 0 radical (unpaired) electrons. The van der Waals surface area contributed by atoms with Crippen molar-refractivity contribution in [2.75, 3.05) is 9.80 Å². The quantitative estimate of drug-likeness (QED) is 0.165. The van der Waals surface area contributed by atoms with Crippen molar-refractivity contribution in [2.24, 2.45) is 0 Å². The van der Waals surface area contributed by atoms with Crippen LogP contribution in [0.1, 0.15) is 79.0 Å². The second-order valence-electron chi connectivity index (χ2n) is 23.9. The van der Waals surface area contributed by atoms with Crippen LogP contribution < -0.4 is 9.80 Å². The van der Waals surface area contributed by atoms with Crippen molar-refractivity contribution in [1.82, 2.24) is 8.80 Å². The minimum Gasteiger partial charge on any atom is -0.308 e. The second-order valence-corrected chi connectivity index (χ2v) is 23.9. The standard InChI is InChI=1S/C70H60N4/c1-68(2,3)44-35-55-53-42-60-52(41-59(53)73-64(55)56(36-44)57-37-45(69(4,5)6)39-61(65(57)73)71(47-25-14-10-15-26-47)48-27-16-11-17-28-48)54-34-43-24-22-23-33-51(43)63-58-38-46(70(7,8)9)40-62(66(58)74(60)67(54)63)72(49-29-18-12-19-30-49)50-31-20-13-21-32-50/h10-42H,1-9H3. The average molecular weight is 957 g/mol. The first-order chi connectivity index (χ1) is 35.6. The number of hydrogen-bond donors (Lipinski definition) is 0. The van der Waals surface area contributed by atoms with Crippen LogP contribution >= 0.6 is 0 Å². The third kappa shape index (κ3) is 6.46. The van der Waals surface area contributed by atoms with Gasteiger partial charge in [-0.15, -0.1) is 0 Å². The molecule has 0 N–H and O–H groups in total. The van der Waals surface area contributed by atoms with Gasteiger partial charge in [0.2, 0.25) is 0 Å². The Morgan fingerprint density at radius 1 is 0.284 bits per heavy atom. The number of anilines is 6. The molecule has 360 valence electrons. The lowest BCUT2D eigenvalue weighted by Gasteiger charge is -2.29. The molecule has 0 aliphatic carbocycles. The van der Waals surface area contributed by atoms with Crippen molar-refractivity contribution in [2.45, 2.75) is 78.6 Å². The number of rotatable bonds is 6. The molecule has 0 bridgehead atoms. The molecule has 0 saturated carbocycles. The van der Waals surface area contributed by atoms with Gasteiger partial charge in [-0.05, 0) is 147 Å². The summed E-state index contributed by atoms with van der Waals surface area (Å²) in [6.45, 7) is 21.2. The predicted molar refractivity (Wildman–Crippen MR) is 319 cm³/mol. The van der Waals surface area contributed by atoms with Gasteiger partial charge >= 0.3 is 0 Å². The third-order valence-electron chi connectivity index (χ3n) is 16.1. The lowest BCUT2D eigenvalue weighted by Crippen LogP contribution is -2.15. The third-order valence-corrected chi connectivity index (χ3v) is 16.1. The largest absolute Gasteiger partial charge is 0.308 e. The van der Waals surface area contributed by atoms with Crippen LogP contribution in [0.15, 0.2) is 200 Å². The Kier molecular flexibility index (Phi) is 9.35. The lowest BCUT2D eigenvalue weighted by atomic mass is 9.84. The lowest BCUT2D eigenvalue weighted by molar-refractivity contribution is 0.591. The molecule has 0 spiro atoms. The summed E-state index contributed by atoms with van der Waals surface area (Å²) in [5.41, 5.74) is 17.9. The van der Waals surface area contributed by atoms with E-state index >= 15 is 0 Å². The Bertz CT molecular complexity index is 4430. The van der Waals surface area contributed by atoms with E-state index in [4.69, 9.17) is 0 Å². The average Bonchev–Trinajstić information content (AvgIpc) is 4.15. The van der Waals surface area contributed by atoms with E-state index in [9.17, 15) is 0 Å². The Balaban J connectivity index is 1.21. The van der Waals surface area contributed by atoms with Crippen LogP contribution in [0.2, 0.25) is 0 Å². The van der Waals surface area contributed by atoms with Gasteiger partial charge in [-0.1, -0.05) is 159 Å². The Hall–Kier alpha value is -8.34. The zero-order chi connectivity index (χ0) is 50.6. The molecule has 0 unspecified atom stereocenters. The van der Waals surface area contributed by atoms with E-state index in [0.717, 1.165) is 22.7 Å². The molecule has 74 heavy (non-hydrogen) atoms. The monoisotopic (exact) mass is 956 g/mol. The zero-order valence-electron chi connectivity index (χ0n) is 43.8. The summed E-state index contributed by atoms with van der Waals surface area (Å²) in [5.74, 6) is 0. The summed E-state index contributed by atoms with van der Waals surface area (Å²) in [6, 6.07) is 75.4. The first kappa shape index (κ1) is 44.4. The summed E-state index contributed by atoms with van der Waals surface area (Å²) in [4.78, 5) is 4.97. The summed E-state index contributed by atoms with van der Waals surface area (Å²) >= 11 is 0. The van der Waals surface area contributed by atoms with Gasteiger partial charge in [0.05, 0.1) is 44.5 Å². The van der Waals surface area contributed by atoms with Crippen LogP contribution in [0, 0.1) is 0 Å². The van der Waals surface area contributed by atoms with Gasteiger partial charge in [-0.2, -0.15) is 0 Å². The minimum absolute atomic E-state index is 0.0969. The molecule has 4 heteroatoms. The van der Waals surface area contributed by atoms with E-state index in [1.54, 1.807) is 0 Å². The molecule has 10 aromatic carbocycles. The van der Waals surface area contributed by atoms with Crippen molar-refractivity contribution in [3.63, 3.8) is 0 Å². The number of nitrogens with zero attached hydrogens (tertiary/aromatic N) is 4. The fraction of sp³-hybridized carbons (Fsp3) is 0.171. The fourth-order valence-electron chi connectivity index (χ4n) is 12.3. The van der Waals surface area contributed by atoms with Gasteiger partial charge in [0, 0.05) is 65.8 Å². The normalized spacial score (nSPS) is 12.9. The SMILES string of the molecule is CC(C)(C)c1cc(N(c2ccccc2)c2ccccc2)c2c(c1)c1cc(C(C)(C)C)cc3c4cc5c(cc4n2c31)c1cc2ccccc2c2c3cc(C(C)(C)C)cc(N(c4ccccc4)c4ccccc4)c3n5c12. The maximum Gasteiger partial charge on any atom is 0.0783 e. The highest BCUT2D eigenvalue weighted by Gasteiger charge is 2.32. The molecule has 0 atom stereocenters. The molecule has 0 aliphatic rings. The van der Waals surface area contributed by atoms with Gasteiger partial charge in [0.15, 0.2) is 0 Å². The Morgan fingerprint density at radius 3 is 1.07 bits per heavy atom. The summed E-state index contributed by atoms with van der Waals surface area (Å²) in [5, 5.41) is 12.8. The van der Waals surface area contributed by atoms with Crippen molar-refractivity contribution >= 4 is 121 Å². The van der Waals surface area contributed by atoms with Crippen LogP contribution in [0.25, 0.3) is 87.0 Å². The molecular formula is C70H60N4. The van der Waals surface area contributed by atoms with Crippen LogP contribution in [-0.2, 0) is 16.2 Å². The highest BCUT2D eigenvalue weighted by Crippen LogP contribution is 2.53. The van der Waals surface area contributed by atoms with E-state index < -0.39 is 0 Å². The molecule has 0 fully saturated rings. The Labute approximate surface area is 433 Å². The number of hydrogen-bond acceptors (Lipinski definition) is 2. The van der Waals surface area contributed by atoms with Gasteiger partial charge in [0.1, 0.15) is 0 Å². The topological polar surface area (TPSA) is 15.3 Å².